The lowest BCUT2D eigenvalue weighted by molar-refractivity contribution is 0.345. The Kier molecular flexibility index (Phi) is 4.02. The van der Waals surface area contributed by atoms with Crippen molar-refractivity contribution in [2.24, 2.45) is 5.92 Å². The summed E-state index contributed by atoms with van der Waals surface area (Å²) in [6.45, 7) is 6.82. The Morgan fingerprint density at radius 2 is 2.44 bits per heavy atom. The van der Waals surface area contributed by atoms with E-state index < -0.39 is 0 Å². The summed E-state index contributed by atoms with van der Waals surface area (Å²) in [5, 5.41) is 4.05. The van der Waals surface area contributed by atoms with Gasteiger partial charge in [0.2, 0.25) is 0 Å². The molecule has 2 rings (SSSR count). The molecule has 1 aromatic rings. The van der Waals surface area contributed by atoms with Crippen molar-refractivity contribution in [3.05, 3.63) is 23.4 Å². The number of pyridine rings is 1. The molecule has 0 aliphatic carbocycles. The molecule has 1 aromatic heterocycles. The molecule has 1 fully saturated rings. The number of nitrogens with one attached hydrogen (secondary N) is 1. The summed E-state index contributed by atoms with van der Waals surface area (Å²) in [6, 6.07) is 3.79. The summed E-state index contributed by atoms with van der Waals surface area (Å²) < 4.78 is 0. The van der Waals surface area contributed by atoms with Crippen LogP contribution in [0.5, 0.6) is 0 Å². The molecule has 0 spiro atoms. The van der Waals surface area contributed by atoms with E-state index in [9.17, 15) is 0 Å². The van der Waals surface area contributed by atoms with Crippen LogP contribution >= 0.6 is 11.6 Å². The third-order valence-electron chi connectivity index (χ3n) is 3.12. The number of hydrogen-bond donors (Lipinski definition) is 1. The fraction of sp³-hybridized carbons (Fsp3) is 0.583. The molecule has 0 aromatic carbocycles. The predicted molar refractivity (Wildman–Crippen MR) is 68.0 cm³/mol. The molecule has 1 unspecified atom stereocenters. The van der Waals surface area contributed by atoms with Crippen molar-refractivity contribution in [3.63, 3.8) is 0 Å². The number of hydrogen-bond acceptors (Lipinski definition) is 3. The van der Waals surface area contributed by atoms with Crippen LogP contribution < -0.4 is 5.32 Å². The van der Waals surface area contributed by atoms with E-state index in [0.717, 1.165) is 24.8 Å². The van der Waals surface area contributed by atoms with Crippen LogP contribution in [0, 0.1) is 5.92 Å². The van der Waals surface area contributed by atoms with E-state index in [1.807, 2.05) is 12.1 Å². The number of aromatic nitrogens is 1. The Hall–Kier alpha value is -0.800. The lowest BCUT2D eigenvalue weighted by atomic mass is 10.1. The third kappa shape index (κ3) is 3.09. The molecule has 1 atom stereocenters. The molecule has 3 nitrogen and oxygen atoms in total. The molecule has 1 N–H and O–H groups in total. The Bertz CT molecular complexity index is 326. The van der Waals surface area contributed by atoms with Crippen LogP contribution in [-0.4, -0.2) is 36.1 Å². The monoisotopic (exact) mass is 239 g/mol. The molecular formula is C12H18ClN3. The summed E-state index contributed by atoms with van der Waals surface area (Å²) in [6.07, 6.45) is 2.96. The van der Waals surface area contributed by atoms with Crippen LogP contribution in [0.1, 0.15) is 13.3 Å². The molecule has 16 heavy (non-hydrogen) atoms. The number of nitrogens with zero attached hydrogens (tertiary/aromatic N) is 2. The highest BCUT2D eigenvalue weighted by molar-refractivity contribution is 6.30. The van der Waals surface area contributed by atoms with Gasteiger partial charge in [-0.15, -0.1) is 0 Å². The zero-order valence-electron chi connectivity index (χ0n) is 9.62. The Morgan fingerprint density at radius 1 is 1.56 bits per heavy atom. The molecule has 0 saturated carbocycles. The maximum atomic E-state index is 5.78. The van der Waals surface area contributed by atoms with Gasteiger partial charge in [-0.1, -0.05) is 18.5 Å². The van der Waals surface area contributed by atoms with Crippen molar-refractivity contribution in [1.29, 1.82) is 0 Å². The van der Waals surface area contributed by atoms with E-state index in [2.05, 4.69) is 22.1 Å². The average Bonchev–Trinajstić information content (AvgIpc) is 2.76. The van der Waals surface area contributed by atoms with Gasteiger partial charge in [-0.3, -0.25) is 0 Å². The molecule has 0 radical (unpaired) electrons. The molecular weight excluding hydrogens is 222 g/mol. The molecule has 0 amide bonds. The molecule has 1 aliphatic heterocycles. The quantitative estimate of drug-likeness (QED) is 0.875. The molecule has 1 aliphatic rings. The maximum absolute atomic E-state index is 5.78. The first kappa shape index (κ1) is 11.7. The standard InChI is InChI=1S/C12H18ClN3/c1-2-16-6-5-10(9-16)7-14-12-4-3-11(13)8-15-12/h3-4,8,10H,2,5-7,9H2,1H3,(H,14,15). The summed E-state index contributed by atoms with van der Waals surface area (Å²) in [7, 11) is 0. The van der Waals surface area contributed by atoms with E-state index >= 15 is 0 Å². The van der Waals surface area contributed by atoms with Crippen LogP contribution in [0.4, 0.5) is 5.82 Å². The van der Waals surface area contributed by atoms with Gasteiger partial charge < -0.3 is 10.2 Å². The van der Waals surface area contributed by atoms with Crippen LogP contribution in [0.25, 0.3) is 0 Å². The van der Waals surface area contributed by atoms with Crippen LogP contribution in [0.15, 0.2) is 18.3 Å². The van der Waals surface area contributed by atoms with Gasteiger partial charge in [0, 0.05) is 19.3 Å². The first-order valence-electron chi connectivity index (χ1n) is 5.85. The zero-order chi connectivity index (χ0) is 11.4. The Labute approximate surface area is 102 Å². The molecule has 2 heterocycles. The second-order valence-corrected chi connectivity index (χ2v) is 4.73. The van der Waals surface area contributed by atoms with Crippen molar-refractivity contribution in [1.82, 2.24) is 9.88 Å². The van der Waals surface area contributed by atoms with Gasteiger partial charge >= 0.3 is 0 Å². The fourth-order valence-corrected chi connectivity index (χ4v) is 2.21. The van der Waals surface area contributed by atoms with Gasteiger partial charge in [-0.25, -0.2) is 4.98 Å². The zero-order valence-corrected chi connectivity index (χ0v) is 10.4. The summed E-state index contributed by atoms with van der Waals surface area (Å²) in [5.41, 5.74) is 0. The van der Waals surface area contributed by atoms with Gasteiger partial charge in [0.25, 0.3) is 0 Å². The minimum atomic E-state index is 0.684. The second kappa shape index (κ2) is 5.51. The van der Waals surface area contributed by atoms with E-state index in [0.29, 0.717) is 5.02 Å². The van der Waals surface area contributed by atoms with Crippen molar-refractivity contribution in [2.75, 3.05) is 31.5 Å². The fourth-order valence-electron chi connectivity index (χ4n) is 2.10. The van der Waals surface area contributed by atoms with Gasteiger partial charge in [0.15, 0.2) is 0 Å². The smallest absolute Gasteiger partial charge is 0.125 e. The maximum Gasteiger partial charge on any atom is 0.125 e. The van der Waals surface area contributed by atoms with Crippen LogP contribution in [-0.2, 0) is 0 Å². The van der Waals surface area contributed by atoms with E-state index in [-0.39, 0.29) is 0 Å². The topological polar surface area (TPSA) is 28.2 Å². The van der Waals surface area contributed by atoms with E-state index in [4.69, 9.17) is 11.6 Å². The highest BCUT2D eigenvalue weighted by Crippen LogP contribution is 2.16. The summed E-state index contributed by atoms with van der Waals surface area (Å²) in [5.74, 6) is 1.66. The molecule has 88 valence electrons. The van der Waals surface area contributed by atoms with Gasteiger partial charge in [0.1, 0.15) is 5.82 Å². The molecule has 1 saturated heterocycles. The molecule has 4 heteroatoms. The Balaban J connectivity index is 1.77. The van der Waals surface area contributed by atoms with Crippen molar-refractivity contribution in [3.8, 4) is 0 Å². The van der Waals surface area contributed by atoms with Crippen molar-refractivity contribution >= 4 is 17.4 Å². The first-order valence-corrected chi connectivity index (χ1v) is 6.23. The normalized spacial score (nSPS) is 21.2. The predicted octanol–water partition coefficient (Wildman–Crippen LogP) is 2.49. The number of anilines is 1. The van der Waals surface area contributed by atoms with Gasteiger partial charge in [0.05, 0.1) is 5.02 Å². The first-order chi connectivity index (χ1) is 7.78. The minimum absolute atomic E-state index is 0.684. The Morgan fingerprint density at radius 3 is 3.06 bits per heavy atom. The van der Waals surface area contributed by atoms with Crippen molar-refractivity contribution < 1.29 is 0 Å². The lowest BCUT2D eigenvalue weighted by Crippen LogP contribution is -2.22. The average molecular weight is 240 g/mol. The van der Waals surface area contributed by atoms with Gasteiger partial charge in [-0.2, -0.15) is 0 Å². The highest BCUT2D eigenvalue weighted by Gasteiger charge is 2.20. The van der Waals surface area contributed by atoms with Crippen LogP contribution in [0.3, 0.4) is 0 Å². The second-order valence-electron chi connectivity index (χ2n) is 4.29. The summed E-state index contributed by atoms with van der Waals surface area (Å²) in [4.78, 5) is 6.71. The highest BCUT2D eigenvalue weighted by atomic mass is 35.5. The number of halogens is 1. The largest absolute Gasteiger partial charge is 0.370 e. The number of likely N-dealkylation sites (tertiary alicyclic amines) is 1. The van der Waals surface area contributed by atoms with Gasteiger partial charge in [-0.05, 0) is 37.6 Å². The summed E-state index contributed by atoms with van der Waals surface area (Å²) >= 11 is 5.78. The molecule has 0 bridgehead atoms. The number of rotatable bonds is 4. The minimum Gasteiger partial charge on any atom is -0.370 e. The lowest BCUT2D eigenvalue weighted by Gasteiger charge is -2.13. The SMILES string of the molecule is CCN1CCC(CNc2ccc(Cl)cn2)C1. The third-order valence-corrected chi connectivity index (χ3v) is 3.34. The van der Waals surface area contributed by atoms with E-state index in [1.54, 1.807) is 6.20 Å². The van der Waals surface area contributed by atoms with E-state index in [1.165, 1.54) is 19.5 Å². The van der Waals surface area contributed by atoms with Crippen molar-refractivity contribution in [2.45, 2.75) is 13.3 Å². The van der Waals surface area contributed by atoms with Crippen LogP contribution in [0.2, 0.25) is 5.02 Å².